The number of carbonyl (C=O) groups excluding carboxylic acids is 1. The van der Waals surface area contributed by atoms with Crippen LogP contribution >= 0.6 is 34.5 Å². The summed E-state index contributed by atoms with van der Waals surface area (Å²) in [7, 11) is 0. The monoisotopic (exact) mass is 463 g/mol. The first-order valence-electron chi connectivity index (χ1n) is 8.59. The molecule has 1 amide bonds. The van der Waals surface area contributed by atoms with Crippen LogP contribution in [0.2, 0.25) is 10.0 Å². The predicted molar refractivity (Wildman–Crippen MR) is 117 cm³/mol. The fourth-order valence-electron chi connectivity index (χ4n) is 3.06. The zero-order chi connectivity index (χ0) is 21.4. The summed E-state index contributed by atoms with van der Waals surface area (Å²) >= 11 is 13.0. The van der Waals surface area contributed by atoms with Crippen LogP contribution in [0, 0.1) is 5.82 Å². The molecule has 4 rings (SSSR count). The summed E-state index contributed by atoms with van der Waals surface area (Å²) in [5, 5.41) is 4.92. The van der Waals surface area contributed by atoms with Crippen molar-refractivity contribution < 1.29 is 9.18 Å². The summed E-state index contributed by atoms with van der Waals surface area (Å²) in [5.74, 6) is -1.26. The van der Waals surface area contributed by atoms with E-state index < -0.39 is 29.5 Å². The quantitative estimate of drug-likeness (QED) is 0.490. The molecule has 6 nitrogen and oxygen atoms in total. The van der Waals surface area contributed by atoms with Gasteiger partial charge in [0.15, 0.2) is 0 Å². The van der Waals surface area contributed by atoms with Gasteiger partial charge in [0, 0.05) is 15.7 Å². The Bertz CT molecular complexity index is 1390. The van der Waals surface area contributed by atoms with E-state index in [9.17, 15) is 18.8 Å². The first kappa shape index (κ1) is 20.3. The van der Waals surface area contributed by atoms with Gasteiger partial charge in [-0.05, 0) is 41.8 Å². The predicted octanol–water partition coefficient (Wildman–Crippen LogP) is 4.30. The maximum absolute atomic E-state index is 14.3. The maximum atomic E-state index is 14.3. The second kappa shape index (κ2) is 8.06. The van der Waals surface area contributed by atoms with Gasteiger partial charge in [-0.3, -0.25) is 14.2 Å². The van der Waals surface area contributed by atoms with Gasteiger partial charge >= 0.3 is 5.69 Å². The summed E-state index contributed by atoms with van der Waals surface area (Å²) in [4.78, 5) is 38.5. The Morgan fingerprint density at radius 2 is 1.77 bits per heavy atom. The third-order valence-electron chi connectivity index (χ3n) is 4.30. The number of nitrogens with zero attached hydrogens (tertiary/aromatic N) is 2. The second-order valence-electron chi connectivity index (χ2n) is 6.30. The Hall–Kier alpha value is -2.94. The molecule has 2 aromatic heterocycles. The SMILES string of the molecule is O=C(Cn1c(=O)n(-c2ccccc2F)c(=O)c2sccc21)Nc1cc(Cl)cc(Cl)c1. The van der Waals surface area contributed by atoms with E-state index in [0.29, 0.717) is 21.2 Å². The normalized spacial score (nSPS) is 11.0. The number of hydrogen-bond acceptors (Lipinski definition) is 4. The molecule has 1 N–H and O–H groups in total. The lowest BCUT2D eigenvalue weighted by atomic mass is 10.3. The summed E-state index contributed by atoms with van der Waals surface area (Å²) in [6, 6.07) is 11.6. The molecule has 0 bridgehead atoms. The average Bonchev–Trinajstić information content (AvgIpc) is 3.16. The second-order valence-corrected chi connectivity index (χ2v) is 8.09. The van der Waals surface area contributed by atoms with E-state index in [1.54, 1.807) is 11.4 Å². The van der Waals surface area contributed by atoms with Gasteiger partial charge < -0.3 is 5.32 Å². The molecular formula is C20H12Cl2FN3O3S. The van der Waals surface area contributed by atoms with Crippen molar-refractivity contribution in [3.05, 3.63) is 90.6 Å². The summed E-state index contributed by atoms with van der Waals surface area (Å²) in [6.07, 6.45) is 0. The van der Waals surface area contributed by atoms with Crippen molar-refractivity contribution in [2.75, 3.05) is 5.32 Å². The molecule has 0 saturated carbocycles. The lowest BCUT2D eigenvalue weighted by Crippen LogP contribution is -2.40. The summed E-state index contributed by atoms with van der Waals surface area (Å²) in [6.45, 7) is -0.398. The van der Waals surface area contributed by atoms with Crippen LogP contribution in [-0.4, -0.2) is 15.0 Å². The minimum atomic E-state index is -0.824. The molecule has 0 radical (unpaired) electrons. The Morgan fingerprint density at radius 3 is 2.47 bits per heavy atom. The van der Waals surface area contributed by atoms with Crippen molar-refractivity contribution in [1.29, 1.82) is 0 Å². The molecule has 0 atom stereocenters. The Morgan fingerprint density at radius 1 is 1.07 bits per heavy atom. The molecule has 0 aliphatic carbocycles. The van der Waals surface area contributed by atoms with Crippen LogP contribution in [0.15, 0.2) is 63.5 Å². The van der Waals surface area contributed by atoms with Crippen molar-refractivity contribution in [2.45, 2.75) is 6.54 Å². The highest BCUT2D eigenvalue weighted by atomic mass is 35.5. The standard InChI is InChI=1S/C20H12Cl2FN3O3S/c21-11-7-12(22)9-13(8-11)24-17(27)10-25-16-5-6-30-18(16)19(28)26(20(25)29)15-4-2-1-3-14(15)23/h1-9H,10H2,(H,24,27). The van der Waals surface area contributed by atoms with Crippen LogP contribution in [0.3, 0.4) is 0 Å². The van der Waals surface area contributed by atoms with Crippen LogP contribution in [0.5, 0.6) is 0 Å². The lowest BCUT2D eigenvalue weighted by molar-refractivity contribution is -0.116. The number of aromatic nitrogens is 2. The fourth-order valence-corrected chi connectivity index (χ4v) is 4.41. The van der Waals surface area contributed by atoms with Gasteiger partial charge in [0.05, 0.1) is 11.2 Å². The first-order chi connectivity index (χ1) is 14.3. The number of anilines is 1. The van der Waals surface area contributed by atoms with E-state index in [0.717, 1.165) is 26.5 Å². The van der Waals surface area contributed by atoms with E-state index in [4.69, 9.17) is 23.2 Å². The number of fused-ring (bicyclic) bond motifs is 1. The zero-order valence-electron chi connectivity index (χ0n) is 15.1. The van der Waals surface area contributed by atoms with Crippen LogP contribution < -0.4 is 16.6 Å². The number of hydrogen-bond donors (Lipinski definition) is 1. The first-order valence-corrected chi connectivity index (χ1v) is 10.2. The molecule has 0 fully saturated rings. The number of rotatable bonds is 4. The maximum Gasteiger partial charge on any atom is 0.336 e. The summed E-state index contributed by atoms with van der Waals surface area (Å²) in [5.41, 5.74) is -1.00. The van der Waals surface area contributed by atoms with Gasteiger partial charge in [0.25, 0.3) is 5.56 Å². The fraction of sp³-hybridized carbons (Fsp3) is 0.0500. The highest BCUT2D eigenvalue weighted by Crippen LogP contribution is 2.23. The van der Waals surface area contributed by atoms with Gasteiger partial charge in [-0.1, -0.05) is 35.3 Å². The smallest absolute Gasteiger partial charge is 0.324 e. The highest BCUT2D eigenvalue weighted by Gasteiger charge is 2.19. The van der Waals surface area contributed by atoms with Crippen LogP contribution in [0.25, 0.3) is 15.9 Å². The van der Waals surface area contributed by atoms with E-state index in [1.807, 2.05) is 0 Å². The molecule has 152 valence electrons. The molecule has 2 heterocycles. The zero-order valence-corrected chi connectivity index (χ0v) is 17.4. The minimum Gasteiger partial charge on any atom is -0.324 e. The van der Waals surface area contributed by atoms with Crippen LogP contribution in [-0.2, 0) is 11.3 Å². The number of benzene rings is 2. The molecule has 0 saturated heterocycles. The Balaban J connectivity index is 1.80. The Kier molecular flexibility index (Phi) is 5.46. The molecule has 10 heteroatoms. The van der Waals surface area contributed by atoms with Crippen LogP contribution in [0.4, 0.5) is 10.1 Å². The van der Waals surface area contributed by atoms with Gasteiger partial charge in [0.1, 0.15) is 17.1 Å². The van der Waals surface area contributed by atoms with E-state index in [2.05, 4.69) is 5.32 Å². The largest absolute Gasteiger partial charge is 0.336 e. The minimum absolute atomic E-state index is 0.182. The van der Waals surface area contributed by atoms with Gasteiger partial charge in [0.2, 0.25) is 5.91 Å². The Labute approximate surface area is 182 Å². The van der Waals surface area contributed by atoms with Crippen molar-refractivity contribution in [2.24, 2.45) is 0 Å². The molecule has 0 aliphatic heterocycles. The van der Waals surface area contributed by atoms with E-state index >= 15 is 0 Å². The number of halogens is 3. The number of amides is 1. The van der Waals surface area contributed by atoms with Crippen molar-refractivity contribution in [3.8, 4) is 5.69 Å². The molecule has 0 spiro atoms. The average molecular weight is 464 g/mol. The molecule has 0 aliphatic rings. The highest BCUT2D eigenvalue weighted by molar-refractivity contribution is 7.17. The van der Waals surface area contributed by atoms with E-state index in [1.165, 1.54) is 36.4 Å². The molecule has 4 aromatic rings. The van der Waals surface area contributed by atoms with Gasteiger partial charge in [-0.2, -0.15) is 0 Å². The van der Waals surface area contributed by atoms with Crippen LogP contribution in [0.1, 0.15) is 0 Å². The molecule has 30 heavy (non-hydrogen) atoms. The number of nitrogens with one attached hydrogen (secondary N) is 1. The van der Waals surface area contributed by atoms with Crippen molar-refractivity contribution >= 4 is 56.3 Å². The van der Waals surface area contributed by atoms with Crippen molar-refractivity contribution in [3.63, 3.8) is 0 Å². The molecular weight excluding hydrogens is 452 g/mol. The number of carbonyl (C=O) groups is 1. The van der Waals surface area contributed by atoms with Crippen molar-refractivity contribution in [1.82, 2.24) is 9.13 Å². The van der Waals surface area contributed by atoms with E-state index in [-0.39, 0.29) is 10.4 Å². The number of para-hydroxylation sites is 1. The lowest BCUT2D eigenvalue weighted by Gasteiger charge is -2.13. The molecule has 0 unspecified atom stereocenters. The third-order valence-corrected chi connectivity index (χ3v) is 5.62. The van der Waals surface area contributed by atoms with Gasteiger partial charge in [-0.15, -0.1) is 11.3 Å². The summed E-state index contributed by atoms with van der Waals surface area (Å²) < 4.78 is 16.4. The molecule has 2 aromatic carbocycles. The third kappa shape index (κ3) is 3.77. The number of thiophene rings is 1. The topological polar surface area (TPSA) is 73.1 Å². The van der Waals surface area contributed by atoms with Gasteiger partial charge in [-0.25, -0.2) is 13.8 Å².